The number of hydrogen-bond acceptors (Lipinski definition) is 6. The van der Waals surface area contributed by atoms with Gasteiger partial charge in [0.15, 0.2) is 11.5 Å². The molecule has 9 nitrogen and oxygen atoms in total. The Morgan fingerprint density at radius 1 is 0.973 bits per heavy atom. The average molecular weight is 515 g/mol. The Balaban J connectivity index is 0.000000717. The number of methoxy groups -OCH3 is 1. The van der Waals surface area contributed by atoms with Crippen LogP contribution in [0, 0.1) is 5.92 Å². The summed E-state index contributed by atoms with van der Waals surface area (Å²) < 4.78 is 11.5. The third kappa shape index (κ3) is 10.1. The van der Waals surface area contributed by atoms with Crippen LogP contribution in [0.1, 0.15) is 43.7 Å². The van der Waals surface area contributed by atoms with Crippen molar-refractivity contribution in [1.82, 2.24) is 9.80 Å². The summed E-state index contributed by atoms with van der Waals surface area (Å²) in [5, 5.41) is 14.8. The van der Waals surface area contributed by atoms with Crippen molar-refractivity contribution >= 4 is 17.8 Å². The molecule has 2 N–H and O–H groups in total. The van der Waals surface area contributed by atoms with Crippen molar-refractivity contribution in [3.8, 4) is 11.5 Å². The van der Waals surface area contributed by atoms with Gasteiger partial charge in [-0.3, -0.25) is 9.69 Å². The summed E-state index contributed by atoms with van der Waals surface area (Å²) in [5.74, 6) is -1.65. The molecule has 0 radical (unpaired) electrons. The third-order valence-corrected chi connectivity index (χ3v) is 6.21. The van der Waals surface area contributed by atoms with Gasteiger partial charge in [-0.2, -0.15) is 0 Å². The summed E-state index contributed by atoms with van der Waals surface area (Å²) in [6.07, 6.45) is 4.07. The van der Waals surface area contributed by atoms with Crippen LogP contribution in [0.3, 0.4) is 0 Å². The largest absolute Gasteiger partial charge is 0.493 e. The van der Waals surface area contributed by atoms with Crippen LogP contribution in [0.25, 0.3) is 0 Å². The van der Waals surface area contributed by atoms with Gasteiger partial charge in [0.2, 0.25) is 5.91 Å². The smallest absolute Gasteiger partial charge is 0.414 e. The molecule has 0 atom stereocenters. The number of nitrogens with zero attached hydrogens (tertiary/aromatic N) is 2. The van der Waals surface area contributed by atoms with Crippen molar-refractivity contribution in [1.29, 1.82) is 0 Å². The number of carbonyl (C=O) groups excluding carboxylic acids is 1. The quantitative estimate of drug-likeness (QED) is 0.459. The van der Waals surface area contributed by atoms with Crippen molar-refractivity contribution in [2.45, 2.75) is 45.8 Å². The first-order chi connectivity index (χ1) is 17.7. The van der Waals surface area contributed by atoms with E-state index in [1.54, 1.807) is 7.11 Å². The molecule has 1 saturated heterocycles. The van der Waals surface area contributed by atoms with Gasteiger partial charge < -0.3 is 24.6 Å². The summed E-state index contributed by atoms with van der Waals surface area (Å²) in [7, 11) is 3.62. The van der Waals surface area contributed by atoms with Crippen molar-refractivity contribution < 1.29 is 34.1 Å². The zero-order valence-corrected chi connectivity index (χ0v) is 21.9. The Hall–Kier alpha value is -3.59. The zero-order valence-electron chi connectivity index (χ0n) is 21.9. The lowest BCUT2D eigenvalue weighted by molar-refractivity contribution is -0.159. The van der Waals surface area contributed by atoms with Crippen LogP contribution in [0.5, 0.6) is 11.5 Å². The molecule has 37 heavy (non-hydrogen) atoms. The maximum atomic E-state index is 12.6. The molecular weight excluding hydrogens is 476 g/mol. The van der Waals surface area contributed by atoms with E-state index >= 15 is 0 Å². The van der Waals surface area contributed by atoms with E-state index < -0.39 is 11.9 Å². The number of rotatable bonds is 10. The molecule has 1 aliphatic rings. The van der Waals surface area contributed by atoms with Crippen LogP contribution in [0.15, 0.2) is 48.5 Å². The van der Waals surface area contributed by atoms with Crippen LogP contribution >= 0.6 is 0 Å². The van der Waals surface area contributed by atoms with Crippen molar-refractivity contribution in [2.75, 3.05) is 33.8 Å². The van der Waals surface area contributed by atoms with Crippen LogP contribution in [0.4, 0.5) is 0 Å². The number of amides is 1. The van der Waals surface area contributed by atoms with E-state index in [1.165, 1.54) is 5.56 Å². The van der Waals surface area contributed by atoms with E-state index in [2.05, 4.69) is 36.1 Å². The maximum absolute atomic E-state index is 12.6. The van der Waals surface area contributed by atoms with E-state index in [4.69, 9.17) is 29.3 Å². The molecule has 3 rings (SSSR count). The van der Waals surface area contributed by atoms with Gasteiger partial charge in [-0.15, -0.1) is 0 Å². The first kappa shape index (κ1) is 29.6. The fourth-order valence-electron chi connectivity index (χ4n) is 4.08. The molecule has 0 saturated carbocycles. The summed E-state index contributed by atoms with van der Waals surface area (Å²) in [5.41, 5.74) is 2.33. The summed E-state index contributed by atoms with van der Waals surface area (Å²) in [4.78, 5) is 35.2. The number of benzene rings is 2. The van der Waals surface area contributed by atoms with Gasteiger partial charge >= 0.3 is 11.9 Å². The predicted octanol–water partition coefficient (Wildman–Crippen LogP) is 3.90. The van der Waals surface area contributed by atoms with Crippen LogP contribution in [-0.4, -0.2) is 71.7 Å². The number of hydrogen-bond donors (Lipinski definition) is 2. The number of piperidine rings is 1. The first-order valence-electron chi connectivity index (χ1n) is 12.5. The molecule has 0 spiro atoms. The van der Waals surface area contributed by atoms with E-state index in [0.717, 1.165) is 68.9 Å². The molecule has 2 aromatic rings. The second-order valence-corrected chi connectivity index (χ2v) is 9.03. The average Bonchev–Trinajstić information content (AvgIpc) is 2.91. The normalized spacial score (nSPS) is 13.7. The third-order valence-electron chi connectivity index (χ3n) is 6.21. The van der Waals surface area contributed by atoms with Crippen LogP contribution in [0.2, 0.25) is 0 Å². The molecule has 1 aliphatic heterocycles. The number of aliphatic carboxylic acids is 2. The highest BCUT2D eigenvalue weighted by Gasteiger charge is 2.27. The minimum atomic E-state index is -1.82. The molecular formula is C28H38N2O7. The molecule has 0 bridgehead atoms. The van der Waals surface area contributed by atoms with Gasteiger partial charge in [0.1, 0.15) is 6.61 Å². The molecule has 1 heterocycles. The van der Waals surface area contributed by atoms with Crippen molar-refractivity contribution in [3.05, 3.63) is 59.7 Å². The summed E-state index contributed by atoms with van der Waals surface area (Å²) in [6, 6.07) is 16.3. The summed E-state index contributed by atoms with van der Waals surface area (Å²) >= 11 is 0. The highest BCUT2D eigenvalue weighted by Crippen LogP contribution is 2.30. The molecule has 1 amide bonds. The number of carboxylic acids is 2. The molecule has 0 aliphatic carbocycles. The number of carbonyl (C=O) groups is 3. The Labute approximate surface area is 218 Å². The number of ether oxygens (including phenoxy) is 2. The SMILES string of the molecule is CCCCN(C)C(=O)C1CCN(Cc2ccc(OCc3ccccc3)c(OC)c2)CC1.O=C(O)C(=O)O. The monoisotopic (exact) mass is 514 g/mol. The number of carboxylic acid groups (broad SMARTS) is 2. The lowest BCUT2D eigenvalue weighted by Gasteiger charge is -2.33. The molecule has 0 aromatic heterocycles. The van der Waals surface area contributed by atoms with Crippen LogP contribution in [-0.2, 0) is 27.5 Å². The lowest BCUT2D eigenvalue weighted by atomic mass is 9.95. The first-order valence-corrected chi connectivity index (χ1v) is 12.5. The highest BCUT2D eigenvalue weighted by molar-refractivity contribution is 6.27. The molecule has 0 unspecified atom stereocenters. The zero-order chi connectivity index (χ0) is 27.2. The number of unbranched alkanes of at least 4 members (excludes halogenated alkanes) is 1. The van der Waals surface area contributed by atoms with Gasteiger partial charge in [-0.25, -0.2) is 9.59 Å². The van der Waals surface area contributed by atoms with Crippen LogP contribution < -0.4 is 9.47 Å². The maximum Gasteiger partial charge on any atom is 0.414 e. The topological polar surface area (TPSA) is 117 Å². The van der Waals surface area contributed by atoms with Gasteiger partial charge in [0.05, 0.1) is 7.11 Å². The van der Waals surface area contributed by atoms with E-state index in [1.807, 2.05) is 36.2 Å². The second-order valence-electron chi connectivity index (χ2n) is 9.03. The second kappa shape index (κ2) is 15.5. The minimum absolute atomic E-state index is 0.168. The summed E-state index contributed by atoms with van der Waals surface area (Å²) in [6.45, 7) is 6.31. The van der Waals surface area contributed by atoms with Crippen molar-refractivity contribution in [3.63, 3.8) is 0 Å². The predicted molar refractivity (Wildman–Crippen MR) is 140 cm³/mol. The fraction of sp³-hybridized carbons (Fsp3) is 0.464. The Morgan fingerprint density at radius 3 is 2.19 bits per heavy atom. The van der Waals surface area contributed by atoms with E-state index in [9.17, 15) is 4.79 Å². The van der Waals surface area contributed by atoms with Gasteiger partial charge in [0, 0.05) is 26.1 Å². The number of likely N-dealkylation sites (tertiary alicyclic amines) is 1. The van der Waals surface area contributed by atoms with E-state index in [-0.39, 0.29) is 5.92 Å². The van der Waals surface area contributed by atoms with Gasteiger partial charge in [-0.1, -0.05) is 49.7 Å². The van der Waals surface area contributed by atoms with Crippen molar-refractivity contribution in [2.24, 2.45) is 5.92 Å². The van der Waals surface area contributed by atoms with Gasteiger partial charge in [0.25, 0.3) is 0 Å². The fourth-order valence-corrected chi connectivity index (χ4v) is 4.08. The Kier molecular flexibility index (Phi) is 12.4. The van der Waals surface area contributed by atoms with E-state index in [0.29, 0.717) is 12.5 Å². The minimum Gasteiger partial charge on any atom is -0.493 e. The highest BCUT2D eigenvalue weighted by atomic mass is 16.5. The lowest BCUT2D eigenvalue weighted by Crippen LogP contribution is -2.41. The molecule has 9 heteroatoms. The molecule has 202 valence electrons. The molecule has 1 fully saturated rings. The Bertz CT molecular complexity index is 993. The molecule has 2 aromatic carbocycles. The van der Waals surface area contributed by atoms with Gasteiger partial charge in [-0.05, 0) is 55.6 Å². The standard InChI is InChI=1S/C26H36N2O3.C2H2O4/c1-4-5-15-27(2)26(29)23-13-16-28(17-14-23)19-22-11-12-24(25(18-22)30-3)31-20-21-9-7-6-8-10-21;3-1(4)2(5)6/h6-12,18,23H,4-5,13-17,19-20H2,1-3H3;(H,3,4)(H,5,6). The Morgan fingerprint density at radius 2 is 1.62 bits per heavy atom.